The van der Waals surface area contributed by atoms with Crippen LogP contribution in [0.5, 0.6) is 5.88 Å². The third-order valence-corrected chi connectivity index (χ3v) is 7.74. The number of nitrogens with one attached hydrogen (secondary N) is 2. The number of nitrogens with zero attached hydrogens (tertiary/aromatic N) is 2. The molecule has 7 nitrogen and oxygen atoms in total. The van der Waals surface area contributed by atoms with Gasteiger partial charge >= 0.3 is 0 Å². The maximum absolute atomic E-state index is 12.4. The molecule has 0 aliphatic heterocycles. The van der Waals surface area contributed by atoms with Gasteiger partial charge in [0.25, 0.3) is 5.56 Å². The third kappa shape index (κ3) is 4.82. The van der Waals surface area contributed by atoms with Crippen molar-refractivity contribution < 1.29 is 9.90 Å². The van der Waals surface area contributed by atoms with Crippen LogP contribution in [0.15, 0.2) is 16.0 Å². The summed E-state index contributed by atoms with van der Waals surface area (Å²) in [6, 6.07) is 3.23. The van der Waals surface area contributed by atoms with Gasteiger partial charge in [-0.2, -0.15) is 10.2 Å². The van der Waals surface area contributed by atoms with Gasteiger partial charge in [-0.15, -0.1) is 11.3 Å². The van der Waals surface area contributed by atoms with Gasteiger partial charge in [-0.05, 0) is 36.2 Å². The van der Waals surface area contributed by atoms with Crippen molar-refractivity contribution in [2.24, 2.45) is 11.3 Å². The fraction of sp³-hybridized carbons (Fsp3) is 0.500. The number of aromatic nitrogens is 2. The largest absolute Gasteiger partial charge is 0.493 e. The van der Waals surface area contributed by atoms with E-state index in [1.165, 1.54) is 16.2 Å². The van der Waals surface area contributed by atoms with Crippen molar-refractivity contribution in [1.82, 2.24) is 9.97 Å². The summed E-state index contributed by atoms with van der Waals surface area (Å²) in [5.74, 6) is -0.107. The second-order valence-corrected chi connectivity index (χ2v) is 9.92. The lowest BCUT2D eigenvalue weighted by molar-refractivity contribution is -0.113. The lowest BCUT2D eigenvalue weighted by Gasteiger charge is -2.36. The Morgan fingerprint density at radius 1 is 1.55 bits per heavy atom. The minimum Gasteiger partial charge on any atom is -0.493 e. The summed E-state index contributed by atoms with van der Waals surface area (Å²) in [5, 5.41) is 22.6. The van der Waals surface area contributed by atoms with Crippen LogP contribution in [0.25, 0.3) is 0 Å². The van der Waals surface area contributed by atoms with E-state index in [0.29, 0.717) is 16.5 Å². The molecule has 0 fully saturated rings. The van der Waals surface area contributed by atoms with Crippen LogP contribution in [0.1, 0.15) is 49.6 Å². The lowest BCUT2D eigenvalue weighted by Crippen LogP contribution is -2.28. The molecule has 1 aliphatic rings. The predicted octanol–water partition coefficient (Wildman–Crippen LogP) is 3.68. The molecule has 29 heavy (non-hydrogen) atoms. The van der Waals surface area contributed by atoms with E-state index >= 15 is 0 Å². The highest BCUT2D eigenvalue weighted by molar-refractivity contribution is 7.99. The van der Waals surface area contributed by atoms with Gasteiger partial charge < -0.3 is 15.4 Å². The average molecular weight is 433 g/mol. The Morgan fingerprint density at radius 2 is 2.31 bits per heavy atom. The molecule has 0 saturated carbocycles. The summed E-state index contributed by atoms with van der Waals surface area (Å²) in [7, 11) is 0. The summed E-state index contributed by atoms with van der Waals surface area (Å²) in [6.07, 6.45) is 3.96. The van der Waals surface area contributed by atoms with Crippen LogP contribution >= 0.6 is 23.1 Å². The number of carbonyl (C=O) groups is 1. The van der Waals surface area contributed by atoms with Crippen molar-refractivity contribution in [3.05, 3.63) is 32.4 Å². The average Bonchev–Trinajstić information content (AvgIpc) is 3.01. The number of thioether (sulfide) groups is 1. The lowest BCUT2D eigenvalue weighted by atomic mass is 9.69. The zero-order valence-electron chi connectivity index (χ0n) is 16.7. The monoisotopic (exact) mass is 432 g/mol. The molecule has 0 aromatic carbocycles. The number of fused-ring (bicyclic) bond motifs is 1. The normalized spacial score (nSPS) is 16.1. The van der Waals surface area contributed by atoms with E-state index in [2.05, 4.69) is 42.1 Å². The molecule has 1 aliphatic carbocycles. The van der Waals surface area contributed by atoms with Gasteiger partial charge in [-0.3, -0.25) is 9.59 Å². The number of aromatic hydroxyl groups is 1. The van der Waals surface area contributed by atoms with E-state index in [1.807, 2.05) is 0 Å². The highest BCUT2D eigenvalue weighted by Gasteiger charge is 2.34. The van der Waals surface area contributed by atoms with Crippen LogP contribution in [0, 0.1) is 22.7 Å². The first-order valence-corrected chi connectivity index (χ1v) is 11.3. The van der Waals surface area contributed by atoms with E-state index in [0.717, 1.165) is 49.1 Å². The van der Waals surface area contributed by atoms with Crippen molar-refractivity contribution in [2.75, 3.05) is 11.1 Å². The maximum Gasteiger partial charge on any atom is 0.255 e. The van der Waals surface area contributed by atoms with Gasteiger partial charge in [0.1, 0.15) is 11.1 Å². The standard InChI is InChI=1S/C20H24N4O3S2/c1-4-20(2,3)11-5-6-12-13(9-21)18(29-14(12)7-11)22-17(27)10-28-19-23-15(25)8-16(26)24-19/h8,11H,4-7,10H2,1-3H3,(H,22,27)(H2,23,24,25,26). The topological polar surface area (TPSA) is 119 Å². The van der Waals surface area contributed by atoms with Gasteiger partial charge in [0.05, 0.1) is 17.4 Å². The third-order valence-electron chi connectivity index (χ3n) is 5.69. The predicted molar refractivity (Wildman–Crippen MR) is 114 cm³/mol. The second-order valence-electron chi connectivity index (χ2n) is 7.85. The molecule has 0 saturated heterocycles. The molecule has 0 bridgehead atoms. The van der Waals surface area contributed by atoms with Crippen molar-refractivity contribution in [2.45, 2.75) is 51.6 Å². The minimum atomic E-state index is -0.484. The number of H-pyrrole nitrogens is 1. The number of hydrogen-bond donors (Lipinski definition) is 3. The highest BCUT2D eigenvalue weighted by Crippen LogP contribution is 2.45. The second kappa shape index (κ2) is 8.59. The number of hydrogen-bond acceptors (Lipinski definition) is 7. The van der Waals surface area contributed by atoms with Crippen LogP contribution in [-0.4, -0.2) is 26.7 Å². The van der Waals surface area contributed by atoms with Gasteiger partial charge in [0, 0.05) is 4.88 Å². The Morgan fingerprint density at radius 3 is 2.97 bits per heavy atom. The molecule has 1 atom stereocenters. The Kier molecular flexibility index (Phi) is 6.34. The number of anilines is 1. The van der Waals surface area contributed by atoms with Crippen LogP contribution in [0.4, 0.5) is 5.00 Å². The van der Waals surface area contributed by atoms with Gasteiger partial charge in [-0.25, -0.2) is 0 Å². The van der Waals surface area contributed by atoms with Gasteiger partial charge in [0.2, 0.25) is 11.8 Å². The molecule has 3 rings (SSSR count). The summed E-state index contributed by atoms with van der Waals surface area (Å²) in [4.78, 5) is 31.2. The van der Waals surface area contributed by atoms with E-state index in [1.54, 1.807) is 0 Å². The molecule has 1 amide bonds. The molecule has 1 unspecified atom stereocenters. The zero-order chi connectivity index (χ0) is 21.2. The first kappa shape index (κ1) is 21.4. The quantitative estimate of drug-likeness (QED) is 0.473. The van der Waals surface area contributed by atoms with Crippen LogP contribution in [0.3, 0.4) is 0 Å². The number of carbonyl (C=O) groups excluding carboxylic acids is 1. The number of rotatable bonds is 6. The van der Waals surface area contributed by atoms with Crippen molar-refractivity contribution in [3.8, 4) is 11.9 Å². The summed E-state index contributed by atoms with van der Waals surface area (Å²) in [6.45, 7) is 6.80. The van der Waals surface area contributed by atoms with E-state index in [-0.39, 0.29) is 28.1 Å². The number of amides is 1. The molecular weight excluding hydrogens is 408 g/mol. The van der Waals surface area contributed by atoms with Crippen molar-refractivity contribution in [3.63, 3.8) is 0 Å². The first-order chi connectivity index (χ1) is 13.7. The molecule has 9 heteroatoms. The first-order valence-electron chi connectivity index (χ1n) is 9.51. The van der Waals surface area contributed by atoms with Crippen molar-refractivity contribution in [1.29, 1.82) is 5.26 Å². The number of aromatic amines is 1. The number of nitriles is 1. The number of thiophene rings is 1. The molecule has 0 radical (unpaired) electrons. The molecule has 2 aromatic rings. The Hall–Kier alpha value is -2.31. The summed E-state index contributed by atoms with van der Waals surface area (Å²) in [5.41, 5.74) is 1.41. The van der Waals surface area contributed by atoms with Crippen molar-refractivity contribution >= 4 is 34.0 Å². The zero-order valence-corrected chi connectivity index (χ0v) is 18.3. The smallest absolute Gasteiger partial charge is 0.255 e. The van der Waals surface area contributed by atoms with Gasteiger partial charge in [0.15, 0.2) is 5.16 Å². The molecular formula is C20H24N4O3S2. The Bertz CT molecular complexity index is 1020. The fourth-order valence-electron chi connectivity index (χ4n) is 3.54. The SMILES string of the molecule is CCC(C)(C)C1CCc2c(sc(NC(=O)CSc3nc(O)cc(=O)[nH]3)c2C#N)C1. The molecule has 2 aromatic heterocycles. The molecule has 3 N–H and O–H groups in total. The molecule has 154 valence electrons. The maximum atomic E-state index is 12.4. The Labute approximate surface area is 177 Å². The molecule has 2 heterocycles. The summed E-state index contributed by atoms with van der Waals surface area (Å²) >= 11 is 2.51. The minimum absolute atomic E-state index is 0.00528. The van der Waals surface area contributed by atoms with Crippen LogP contribution < -0.4 is 10.9 Å². The fourth-order valence-corrected chi connectivity index (χ4v) is 5.50. The van der Waals surface area contributed by atoms with E-state index < -0.39 is 5.56 Å². The summed E-state index contributed by atoms with van der Waals surface area (Å²) < 4.78 is 0. The van der Waals surface area contributed by atoms with Gasteiger partial charge in [-0.1, -0.05) is 39.0 Å². The van der Waals surface area contributed by atoms with Crippen LogP contribution in [-0.2, 0) is 17.6 Å². The Balaban J connectivity index is 1.71. The van der Waals surface area contributed by atoms with Crippen LogP contribution in [0.2, 0.25) is 0 Å². The highest BCUT2D eigenvalue weighted by atomic mass is 32.2. The van der Waals surface area contributed by atoms with E-state index in [4.69, 9.17) is 0 Å². The molecule has 0 spiro atoms. The van der Waals surface area contributed by atoms with E-state index in [9.17, 15) is 20.0 Å².